The van der Waals surface area contributed by atoms with Gasteiger partial charge >= 0.3 is 0 Å². The minimum atomic E-state index is 0.646. The molecule has 1 aliphatic rings. The third kappa shape index (κ3) is 2.41. The van der Waals surface area contributed by atoms with Crippen LogP contribution in [0, 0.1) is 0 Å². The Morgan fingerprint density at radius 1 is 1.24 bits per heavy atom. The summed E-state index contributed by atoms with van der Waals surface area (Å²) in [6, 6.07) is 7.65. The van der Waals surface area contributed by atoms with Gasteiger partial charge in [0.05, 0.1) is 0 Å². The number of aryl methyl sites for hydroxylation is 1. The molecule has 1 heterocycles. The summed E-state index contributed by atoms with van der Waals surface area (Å²) < 4.78 is 0. The Morgan fingerprint density at radius 2 is 1.88 bits per heavy atom. The molecule has 1 aliphatic heterocycles. The molecule has 1 aromatic carbocycles. The molecule has 17 heavy (non-hydrogen) atoms. The van der Waals surface area contributed by atoms with E-state index >= 15 is 0 Å². The van der Waals surface area contributed by atoms with E-state index < -0.39 is 0 Å². The Kier molecular flexibility index (Phi) is 3.60. The first-order valence-corrected chi connectivity index (χ1v) is 6.80. The third-order valence-corrected chi connectivity index (χ3v) is 3.96. The van der Waals surface area contributed by atoms with Gasteiger partial charge in [0.15, 0.2) is 0 Å². The number of nitrogen functional groups attached to an aromatic ring is 1. The zero-order chi connectivity index (χ0) is 12.4. The summed E-state index contributed by atoms with van der Waals surface area (Å²) in [4.78, 5) is 2.59. The van der Waals surface area contributed by atoms with E-state index in [9.17, 15) is 0 Å². The topological polar surface area (TPSA) is 29.3 Å². The normalized spacial score (nSPS) is 25.0. The van der Waals surface area contributed by atoms with Crippen LogP contribution in [-0.4, -0.2) is 12.1 Å². The lowest BCUT2D eigenvalue weighted by molar-refractivity contribution is 0.413. The fraction of sp³-hybridized carbons (Fsp3) is 0.600. The van der Waals surface area contributed by atoms with Gasteiger partial charge < -0.3 is 10.6 Å². The first kappa shape index (κ1) is 12.3. The molecule has 0 aliphatic carbocycles. The molecule has 0 aromatic heterocycles. The van der Waals surface area contributed by atoms with Gasteiger partial charge in [0, 0.05) is 23.5 Å². The highest BCUT2D eigenvalue weighted by Crippen LogP contribution is 2.32. The summed E-state index contributed by atoms with van der Waals surface area (Å²) in [5, 5.41) is 0. The Morgan fingerprint density at radius 3 is 2.47 bits per heavy atom. The molecule has 0 bridgehead atoms. The van der Waals surface area contributed by atoms with Crippen molar-refractivity contribution in [1.29, 1.82) is 0 Å². The second-order valence-corrected chi connectivity index (χ2v) is 5.28. The van der Waals surface area contributed by atoms with Crippen LogP contribution in [0.1, 0.15) is 45.6 Å². The maximum atomic E-state index is 5.88. The zero-order valence-electron chi connectivity index (χ0n) is 11.2. The van der Waals surface area contributed by atoms with E-state index in [1.165, 1.54) is 30.5 Å². The maximum Gasteiger partial charge on any atom is 0.0404 e. The number of hydrogen-bond donors (Lipinski definition) is 1. The quantitative estimate of drug-likeness (QED) is 0.789. The number of nitrogens with zero attached hydrogens (tertiary/aromatic N) is 1. The van der Waals surface area contributed by atoms with Gasteiger partial charge in [0.1, 0.15) is 0 Å². The molecule has 2 heteroatoms. The first-order valence-electron chi connectivity index (χ1n) is 6.80. The average molecular weight is 232 g/mol. The fourth-order valence-corrected chi connectivity index (χ4v) is 3.04. The molecule has 1 saturated heterocycles. The number of nitrogens with two attached hydrogens (primary N) is 1. The predicted octanol–water partition coefficient (Wildman–Crippen LogP) is 3.60. The molecule has 94 valence electrons. The van der Waals surface area contributed by atoms with Gasteiger partial charge in [-0.3, -0.25) is 0 Å². The molecule has 1 fully saturated rings. The molecule has 2 rings (SSSR count). The fourth-order valence-electron chi connectivity index (χ4n) is 3.04. The van der Waals surface area contributed by atoms with Crippen LogP contribution in [0.4, 0.5) is 11.4 Å². The molecule has 2 N–H and O–H groups in total. The predicted molar refractivity (Wildman–Crippen MR) is 75.5 cm³/mol. The lowest BCUT2D eigenvalue weighted by Gasteiger charge is -2.42. The number of benzene rings is 1. The largest absolute Gasteiger partial charge is 0.399 e. The van der Waals surface area contributed by atoms with E-state index in [1.807, 2.05) is 6.07 Å². The summed E-state index contributed by atoms with van der Waals surface area (Å²) >= 11 is 0. The Labute approximate surface area is 105 Å². The van der Waals surface area contributed by atoms with Crippen molar-refractivity contribution in [2.75, 3.05) is 10.6 Å². The third-order valence-electron chi connectivity index (χ3n) is 3.96. The van der Waals surface area contributed by atoms with Crippen molar-refractivity contribution in [3.05, 3.63) is 23.8 Å². The molecule has 1 aromatic rings. The van der Waals surface area contributed by atoms with Crippen molar-refractivity contribution in [2.45, 2.75) is 58.5 Å². The Balaban J connectivity index is 2.37. The van der Waals surface area contributed by atoms with Crippen LogP contribution in [-0.2, 0) is 6.42 Å². The minimum absolute atomic E-state index is 0.646. The zero-order valence-corrected chi connectivity index (χ0v) is 11.2. The minimum Gasteiger partial charge on any atom is -0.399 e. The number of hydrogen-bond acceptors (Lipinski definition) is 2. The summed E-state index contributed by atoms with van der Waals surface area (Å²) in [6.45, 7) is 6.88. The molecule has 0 radical (unpaired) electrons. The first-order chi connectivity index (χ1) is 8.13. The lowest BCUT2D eigenvalue weighted by Crippen LogP contribution is -2.44. The highest BCUT2D eigenvalue weighted by molar-refractivity contribution is 5.61. The van der Waals surface area contributed by atoms with E-state index in [0.29, 0.717) is 12.1 Å². The van der Waals surface area contributed by atoms with Crippen molar-refractivity contribution < 1.29 is 0 Å². The van der Waals surface area contributed by atoms with E-state index in [0.717, 1.165) is 12.1 Å². The van der Waals surface area contributed by atoms with Crippen LogP contribution in [0.25, 0.3) is 0 Å². The van der Waals surface area contributed by atoms with Gasteiger partial charge in [-0.05, 0) is 63.3 Å². The lowest BCUT2D eigenvalue weighted by atomic mass is 9.95. The molecule has 0 spiro atoms. The number of rotatable bonds is 2. The van der Waals surface area contributed by atoms with Crippen molar-refractivity contribution >= 4 is 11.4 Å². The summed E-state index contributed by atoms with van der Waals surface area (Å²) in [7, 11) is 0. The Bertz CT molecular complexity index is 377. The highest BCUT2D eigenvalue weighted by Gasteiger charge is 2.26. The van der Waals surface area contributed by atoms with Crippen LogP contribution in [0.15, 0.2) is 18.2 Å². The molecule has 0 amide bonds. The SMILES string of the molecule is CCc1cc(N)ccc1N1[C@@H](C)CCC[C@@H]1C. The van der Waals surface area contributed by atoms with Crippen LogP contribution in [0.3, 0.4) is 0 Å². The van der Waals surface area contributed by atoms with E-state index in [2.05, 4.69) is 37.8 Å². The Hall–Kier alpha value is -1.18. The smallest absolute Gasteiger partial charge is 0.0404 e. The maximum absolute atomic E-state index is 5.88. The van der Waals surface area contributed by atoms with Gasteiger partial charge in [-0.1, -0.05) is 6.92 Å². The van der Waals surface area contributed by atoms with Gasteiger partial charge in [-0.15, -0.1) is 0 Å². The molecular formula is C15H24N2. The van der Waals surface area contributed by atoms with Crippen LogP contribution in [0.2, 0.25) is 0 Å². The highest BCUT2D eigenvalue weighted by atomic mass is 15.2. The van der Waals surface area contributed by atoms with E-state index in [1.54, 1.807) is 0 Å². The monoisotopic (exact) mass is 232 g/mol. The number of anilines is 2. The molecule has 0 unspecified atom stereocenters. The average Bonchev–Trinajstić information content (AvgIpc) is 2.30. The van der Waals surface area contributed by atoms with Gasteiger partial charge in [0.25, 0.3) is 0 Å². The van der Waals surface area contributed by atoms with Crippen LogP contribution >= 0.6 is 0 Å². The van der Waals surface area contributed by atoms with Gasteiger partial charge in [0.2, 0.25) is 0 Å². The van der Waals surface area contributed by atoms with Gasteiger partial charge in [-0.2, -0.15) is 0 Å². The van der Waals surface area contributed by atoms with Crippen molar-refractivity contribution in [3.63, 3.8) is 0 Å². The van der Waals surface area contributed by atoms with Gasteiger partial charge in [-0.25, -0.2) is 0 Å². The molecular weight excluding hydrogens is 208 g/mol. The second-order valence-electron chi connectivity index (χ2n) is 5.28. The number of piperidine rings is 1. The summed E-state index contributed by atoms with van der Waals surface area (Å²) in [6.07, 6.45) is 5.02. The van der Waals surface area contributed by atoms with E-state index in [-0.39, 0.29) is 0 Å². The standard InChI is InChI=1S/C15H24N2/c1-4-13-10-14(16)8-9-15(13)17-11(2)6-5-7-12(17)3/h8-12H,4-7,16H2,1-3H3/t11-,12-/m0/s1. The van der Waals surface area contributed by atoms with Crippen molar-refractivity contribution in [3.8, 4) is 0 Å². The molecule has 2 nitrogen and oxygen atoms in total. The second kappa shape index (κ2) is 4.99. The molecule has 2 atom stereocenters. The van der Waals surface area contributed by atoms with Crippen molar-refractivity contribution in [2.24, 2.45) is 0 Å². The van der Waals surface area contributed by atoms with E-state index in [4.69, 9.17) is 5.73 Å². The summed E-state index contributed by atoms with van der Waals surface area (Å²) in [5.74, 6) is 0. The molecule has 0 saturated carbocycles. The summed E-state index contributed by atoms with van der Waals surface area (Å²) in [5.41, 5.74) is 9.53. The van der Waals surface area contributed by atoms with Crippen LogP contribution in [0.5, 0.6) is 0 Å². The van der Waals surface area contributed by atoms with Crippen molar-refractivity contribution in [1.82, 2.24) is 0 Å². The van der Waals surface area contributed by atoms with Crippen LogP contribution < -0.4 is 10.6 Å².